The fraction of sp³-hybridized carbons (Fsp3) is 0.433. The van der Waals surface area contributed by atoms with Crippen LogP contribution in [-0.2, 0) is 16.1 Å². The van der Waals surface area contributed by atoms with Gasteiger partial charge in [0.25, 0.3) is 5.56 Å². The van der Waals surface area contributed by atoms with Gasteiger partial charge in [-0.3, -0.25) is 4.79 Å². The number of amides is 2. The number of morpholine rings is 1. The van der Waals surface area contributed by atoms with E-state index in [2.05, 4.69) is 48.4 Å². The van der Waals surface area contributed by atoms with E-state index in [1.54, 1.807) is 16.7 Å². The number of nitrogens with one attached hydrogen (secondary N) is 2. The summed E-state index contributed by atoms with van der Waals surface area (Å²) in [5.41, 5.74) is 3.53. The van der Waals surface area contributed by atoms with Crippen molar-refractivity contribution >= 4 is 34.6 Å². The van der Waals surface area contributed by atoms with E-state index in [-0.39, 0.29) is 15.0 Å². The quantitative estimate of drug-likeness (QED) is 0.390. The zero-order valence-corrected chi connectivity index (χ0v) is 23.8. The minimum atomic E-state index is -0.451. The number of benzene rings is 2. The molecule has 1 aliphatic rings. The number of hydrogen-bond acceptors (Lipinski definition) is 5. The minimum Gasteiger partial charge on any atom is -0.378 e. The lowest BCUT2D eigenvalue weighted by Crippen LogP contribution is -2.37. The first-order valence-electron chi connectivity index (χ1n) is 13.4. The third kappa shape index (κ3) is 10.4. The van der Waals surface area contributed by atoms with Crippen molar-refractivity contribution in [1.29, 1.82) is 0 Å². The van der Waals surface area contributed by atoms with Crippen molar-refractivity contribution in [3.63, 3.8) is 0 Å². The number of ether oxygens (including phenoxy) is 1. The van der Waals surface area contributed by atoms with Gasteiger partial charge in [0.05, 0.1) is 31.0 Å². The van der Waals surface area contributed by atoms with Crippen LogP contribution in [0, 0.1) is 6.92 Å². The second kappa shape index (κ2) is 18.6. The van der Waals surface area contributed by atoms with Crippen molar-refractivity contribution in [2.45, 2.75) is 54.5 Å². The number of anilines is 2. The van der Waals surface area contributed by atoms with Gasteiger partial charge in [0.2, 0.25) is 0 Å². The summed E-state index contributed by atoms with van der Waals surface area (Å²) in [6, 6.07) is 16.9. The number of urea groups is 1. The zero-order valence-electron chi connectivity index (χ0n) is 23.8. The standard InChI is InChI=1S/C18H22N4O4.C7H8.C3H8.C2H6.2H2/c1-2-22-15-4-3-13(20-18(25)19-5-8-23)11-14(15)16(12-17(22)24)21-6-9-26-10-7-21;1-7-5-3-2-4-6-7;1-3-2;1-2;;/h3-4,8,11-12H,2,5-7,9-10H2,1H3,(H2,19,20,25);2-6H,1H3;3H2,1-2H3;1-2H3;2*1H. The van der Waals surface area contributed by atoms with Gasteiger partial charge in [0.1, 0.15) is 6.29 Å². The summed E-state index contributed by atoms with van der Waals surface area (Å²) in [6.45, 7) is 15.4. The molecule has 3 aromatic rings. The van der Waals surface area contributed by atoms with E-state index in [1.807, 2.05) is 51.1 Å². The Bertz CT molecular complexity index is 1170. The van der Waals surface area contributed by atoms with Gasteiger partial charge < -0.3 is 29.6 Å². The molecule has 0 bridgehead atoms. The number of hydrogen-bond donors (Lipinski definition) is 2. The van der Waals surface area contributed by atoms with Crippen molar-refractivity contribution in [3.8, 4) is 0 Å². The largest absolute Gasteiger partial charge is 0.378 e. The van der Waals surface area contributed by atoms with E-state index in [0.717, 1.165) is 16.6 Å². The third-order valence-electron chi connectivity index (χ3n) is 5.30. The number of aryl methyl sites for hydroxylation is 2. The molecule has 0 unspecified atom stereocenters. The first-order valence-corrected chi connectivity index (χ1v) is 13.4. The van der Waals surface area contributed by atoms with Crippen LogP contribution < -0.4 is 21.1 Å². The molecule has 2 amide bonds. The highest BCUT2D eigenvalue weighted by molar-refractivity contribution is 5.98. The van der Waals surface area contributed by atoms with Crippen molar-refractivity contribution in [1.82, 2.24) is 9.88 Å². The van der Waals surface area contributed by atoms with E-state index in [9.17, 15) is 14.4 Å². The number of pyridine rings is 1. The second-order valence-electron chi connectivity index (χ2n) is 8.31. The zero-order chi connectivity index (χ0) is 28.3. The number of nitrogens with zero attached hydrogens (tertiary/aromatic N) is 2. The average molecular weight is 529 g/mol. The van der Waals surface area contributed by atoms with Crippen LogP contribution in [-0.4, -0.2) is 49.7 Å². The molecule has 0 atom stereocenters. The molecule has 2 N–H and O–H groups in total. The van der Waals surface area contributed by atoms with Crippen LogP contribution in [0.2, 0.25) is 0 Å². The molecular formula is C30H48N4O4. The maximum Gasteiger partial charge on any atom is 0.319 e. The van der Waals surface area contributed by atoms with Crippen LogP contribution in [0.3, 0.4) is 0 Å². The molecule has 2 aromatic carbocycles. The lowest BCUT2D eigenvalue weighted by Gasteiger charge is -2.30. The third-order valence-corrected chi connectivity index (χ3v) is 5.30. The van der Waals surface area contributed by atoms with E-state index in [4.69, 9.17) is 4.74 Å². The van der Waals surface area contributed by atoms with Gasteiger partial charge in [-0.25, -0.2) is 4.79 Å². The van der Waals surface area contributed by atoms with Crippen LogP contribution >= 0.6 is 0 Å². The predicted octanol–water partition coefficient (Wildman–Crippen LogP) is 6.11. The Morgan fingerprint density at radius 3 is 2.18 bits per heavy atom. The summed E-state index contributed by atoms with van der Waals surface area (Å²) in [6.07, 6.45) is 1.87. The summed E-state index contributed by atoms with van der Waals surface area (Å²) >= 11 is 0. The van der Waals surface area contributed by atoms with Gasteiger partial charge in [0.15, 0.2) is 0 Å². The minimum absolute atomic E-state index is 0. The Morgan fingerprint density at radius 1 is 1.03 bits per heavy atom. The normalized spacial score (nSPS) is 12.0. The van der Waals surface area contributed by atoms with Crippen molar-refractivity contribution < 1.29 is 17.2 Å². The number of carbonyl (C=O) groups is 2. The predicted molar refractivity (Wildman–Crippen MR) is 163 cm³/mol. The summed E-state index contributed by atoms with van der Waals surface area (Å²) in [5.74, 6) is 0. The van der Waals surface area contributed by atoms with Gasteiger partial charge in [0, 0.05) is 39.6 Å². The molecule has 0 saturated carbocycles. The molecule has 4 rings (SSSR count). The highest BCUT2D eigenvalue weighted by Crippen LogP contribution is 2.28. The van der Waals surface area contributed by atoms with Crippen LogP contribution in [0.4, 0.5) is 16.2 Å². The van der Waals surface area contributed by atoms with E-state index in [0.29, 0.717) is 44.8 Å². The Balaban J connectivity index is 0. The first-order chi connectivity index (χ1) is 18.4. The molecule has 0 aliphatic carbocycles. The average Bonchev–Trinajstić information content (AvgIpc) is 2.94. The maximum absolute atomic E-state index is 12.5. The Hall–Kier alpha value is -3.65. The van der Waals surface area contributed by atoms with Crippen molar-refractivity contribution in [2.24, 2.45) is 0 Å². The smallest absolute Gasteiger partial charge is 0.319 e. The SMILES string of the molecule is CC.CCC.CCn1c(=O)cc(N2CCOCC2)c2cc(NC(=O)NCC=O)ccc21.Cc1ccccc1.[HH].[HH]. The van der Waals surface area contributed by atoms with Crippen LogP contribution in [0.5, 0.6) is 0 Å². The highest BCUT2D eigenvalue weighted by Gasteiger charge is 2.17. The summed E-state index contributed by atoms with van der Waals surface area (Å²) in [7, 11) is 0. The van der Waals surface area contributed by atoms with Crippen LogP contribution in [0.25, 0.3) is 10.9 Å². The maximum atomic E-state index is 12.5. The van der Waals surface area contributed by atoms with Crippen molar-refractivity contribution in [2.75, 3.05) is 43.1 Å². The molecule has 0 spiro atoms. The van der Waals surface area contributed by atoms with Gasteiger partial charge >= 0.3 is 6.03 Å². The number of rotatable bonds is 5. The van der Waals surface area contributed by atoms with Gasteiger partial charge in [-0.05, 0) is 32.0 Å². The molecule has 2 heterocycles. The fourth-order valence-electron chi connectivity index (χ4n) is 3.68. The molecular weight excluding hydrogens is 480 g/mol. The van der Waals surface area contributed by atoms with Crippen LogP contribution in [0.1, 0.15) is 49.5 Å². The summed E-state index contributed by atoms with van der Waals surface area (Å²) in [4.78, 5) is 36.8. The van der Waals surface area contributed by atoms with Crippen molar-refractivity contribution in [3.05, 3.63) is 70.5 Å². The second-order valence-corrected chi connectivity index (χ2v) is 8.31. The molecule has 1 fully saturated rings. The molecule has 8 heteroatoms. The molecule has 8 nitrogen and oxygen atoms in total. The molecule has 0 radical (unpaired) electrons. The Morgan fingerprint density at radius 2 is 1.66 bits per heavy atom. The number of aldehydes is 1. The van der Waals surface area contributed by atoms with Crippen LogP contribution in [0.15, 0.2) is 59.4 Å². The topological polar surface area (TPSA) is 92.7 Å². The lowest BCUT2D eigenvalue weighted by molar-refractivity contribution is -0.107. The molecule has 38 heavy (non-hydrogen) atoms. The summed E-state index contributed by atoms with van der Waals surface area (Å²) < 4.78 is 7.11. The summed E-state index contributed by atoms with van der Waals surface area (Å²) in [5, 5.41) is 6.04. The molecule has 1 saturated heterocycles. The first kappa shape index (κ1) is 32.4. The molecule has 1 aliphatic heterocycles. The van der Waals surface area contributed by atoms with E-state index >= 15 is 0 Å². The van der Waals surface area contributed by atoms with Gasteiger partial charge in [-0.15, -0.1) is 0 Å². The number of fused-ring (bicyclic) bond motifs is 1. The number of aromatic nitrogens is 1. The van der Waals surface area contributed by atoms with E-state index in [1.165, 1.54) is 12.0 Å². The monoisotopic (exact) mass is 528 g/mol. The van der Waals surface area contributed by atoms with Gasteiger partial charge in [-0.2, -0.15) is 0 Å². The highest BCUT2D eigenvalue weighted by atomic mass is 16.5. The Labute approximate surface area is 230 Å². The van der Waals surface area contributed by atoms with E-state index < -0.39 is 6.03 Å². The molecule has 212 valence electrons. The molecule has 1 aromatic heterocycles. The Kier molecular flexibility index (Phi) is 15.8. The van der Waals surface area contributed by atoms with Gasteiger partial charge in [-0.1, -0.05) is 70.0 Å². The number of carbonyl (C=O) groups excluding carboxylic acids is 2. The fourth-order valence-corrected chi connectivity index (χ4v) is 3.68. The lowest BCUT2D eigenvalue weighted by atomic mass is 10.1.